The molecule has 1 aromatic heterocycles. The summed E-state index contributed by atoms with van der Waals surface area (Å²) in [5.74, 6) is 0.595. The van der Waals surface area contributed by atoms with Crippen molar-refractivity contribution >= 4 is 21.6 Å². The summed E-state index contributed by atoms with van der Waals surface area (Å²) in [6.07, 6.45) is 0.759. The van der Waals surface area contributed by atoms with Crippen molar-refractivity contribution in [2.75, 3.05) is 31.2 Å². The van der Waals surface area contributed by atoms with Crippen LogP contribution in [0.25, 0.3) is 0 Å². The summed E-state index contributed by atoms with van der Waals surface area (Å²) >= 11 is 1.03. The first-order valence-electron chi connectivity index (χ1n) is 5.53. The van der Waals surface area contributed by atoms with Gasteiger partial charge in [-0.05, 0) is 0 Å². The van der Waals surface area contributed by atoms with Crippen molar-refractivity contribution in [2.24, 2.45) is 0 Å². The van der Waals surface area contributed by atoms with Crippen LogP contribution in [0.4, 0.5) is 0 Å². The van der Waals surface area contributed by atoms with E-state index >= 15 is 0 Å². The molecule has 18 heavy (non-hydrogen) atoms. The minimum Gasteiger partial charge on any atom is -0.473 e. The van der Waals surface area contributed by atoms with Gasteiger partial charge in [0.2, 0.25) is 5.88 Å². The number of hydrogen-bond acceptors (Lipinski definition) is 8. The topological polar surface area (TPSA) is 101 Å². The third-order valence-corrected chi connectivity index (χ3v) is 4.34. The largest absolute Gasteiger partial charge is 0.473 e. The molecule has 7 nitrogen and oxygen atoms in total. The zero-order valence-corrected chi connectivity index (χ0v) is 11.7. The first-order chi connectivity index (χ1) is 8.53. The van der Waals surface area contributed by atoms with Gasteiger partial charge in [-0.25, -0.2) is 8.42 Å². The molecule has 0 amide bonds. The average Bonchev–Trinajstić information content (AvgIpc) is 2.85. The molecule has 1 rings (SSSR count). The zero-order valence-electron chi connectivity index (χ0n) is 10.1. The Balaban J connectivity index is 2.08. The molecule has 104 valence electrons. The van der Waals surface area contributed by atoms with E-state index in [1.165, 1.54) is 6.20 Å². The summed E-state index contributed by atoms with van der Waals surface area (Å²) in [5.41, 5.74) is 0. The molecule has 0 fully saturated rings. The summed E-state index contributed by atoms with van der Waals surface area (Å²) in [6, 6.07) is 0. The van der Waals surface area contributed by atoms with Crippen LogP contribution in [0.2, 0.25) is 0 Å². The average molecular weight is 295 g/mol. The maximum Gasteiger partial charge on any atom is 0.245 e. The Bertz CT molecular complexity index is 421. The molecule has 0 bridgehead atoms. The van der Waals surface area contributed by atoms with Gasteiger partial charge in [0.05, 0.1) is 17.5 Å². The van der Waals surface area contributed by atoms with E-state index < -0.39 is 15.9 Å². The van der Waals surface area contributed by atoms with E-state index in [1.807, 2.05) is 0 Å². The first-order valence-corrected chi connectivity index (χ1v) is 8.08. The number of aliphatic hydroxyl groups is 1. The Kier molecular flexibility index (Phi) is 6.47. The van der Waals surface area contributed by atoms with Gasteiger partial charge in [0.15, 0.2) is 9.84 Å². The van der Waals surface area contributed by atoms with Gasteiger partial charge < -0.3 is 15.2 Å². The summed E-state index contributed by atoms with van der Waals surface area (Å²) in [5, 5.41) is 12.4. The molecule has 0 aliphatic heterocycles. The minimum atomic E-state index is -2.96. The molecule has 1 heterocycles. The minimum absolute atomic E-state index is 0.0765. The molecule has 0 spiro atoms. The smallest absolute Gasteiger partial charge is 0.245 e. The highest BCUT2D eigenvalue weighted by molar-refractivity contribution is 7.91. The van der Waals surface area contributed by atoms with E-state index in [0.29, 0.717) is 12.4 Å². The van der Waals surface area contributed by atoms with Crippen LogP contribution >= 0.6 is 11.7 Å². The lowest BCUT2D eigenvalue weighted by Gasteiger charge is -2.11. The Morgan fingerprint density at radius 2 is 2.39 bits per heavy atom. The Morgan fingerprint density at radius 1 is 1.61 bits per heavy atom. The summed E-state index contributed by atoms with van der Waals surface area (Å²) in [6.45, 7) is 2.31. The fraction of sp³-hybridized carbons (Fsp3) is 0.778. The number of aliphatic hydroxyl groups excluding tert-OH is 1. The molecule has 1 atom stereocenters. The van der Waals surface area contributed by atoms with Crippen molar-refractivity contribution in [3.05, 3.63) is 6.20 Å². The molecule has 0 aromatic carbocycles. The van der Waals surface area contributed by atoms with E-state index in [2.05, 4.69) is 14.1 Å². The summed E-state index contributed by atoms with van der Waals surface area (Å²) < 4.78 is 35.1. The Labute approximate surface area is 110 Å². The van der Waals surface area contributed by atoms with Crippen molar-refractivity contribution in [1.82, 2.24) is 14.1 Å². The number of ether oxygens (including phenoxy) is 1. The lowest BCUT2D eigenvalue weighted by molar-refractivity contribution is 0.105. The lowest BCUT2D eigenvalue weighted by atomic mass is 10.4. The molecule has 2 N–H and O–H groups in total. The number of aromatic nitrogens is 2. The van der Waals surface area contributed by atoms with Crippen LogP contribution in [0.3, 0.4) is 0 Å². The molecule has 1 unspecified atom stereocenters. The van der Waals surface area contributed by atoms with E-state index in [-0.39, 0.29) is 24.7 Å². The maximum absolute atomic E-state index is 11.2. The van der Waals surface area contributed by atoms with Gasteiger partial charge in [-0.1, -0.05) is 6.92 Å². The van der Waals surface area contributed by atoms with E-state index in [1.54, 1.807) is 6.92 Å². The van der Waals surface area contributed by atoms with Gasteiger partial charge in [0, 0.05) is 18.8 Å². The van der Waals surface area contributed by atoms with Crippen LogP contribution in [0, 0.1) is 0 Å². The highest BCUT2D eigenvalue weighted by atomic mass is 32.2. The molecule has 0 saturated heterocycles. The van der Waals surface area contributed by atoms with Gasteiger partial charge in [0.1, 0.15) is 18.9 Å². The number of nitrogens with one attached hydrogen (secondary N) is 1. The van der Waals surface area contributed by atoms with Crippen LogP contribution in [-0.4, -0.2) is 59.6 Å². The highest BCUT2D eigenvalue weighted by Gasteiger charge is 2.09. The molecule has 0 saturated carbocycles. The van der Waals surface area contributed by atoms with Crippen LogP contribution in [0.15, 0.2) is 6.20 Å². The Hall–Kier alpha value is -0.770. The number of nitrogens with zero attached hydrogens (tertiary/aromatic N) is 2. The fourth-order valence-electron chi connectivity index (χ4n) is 1.10. The van der Waals surface area contributed by atoms with E-state index in [0.717, 1.165) is 11.7 Å². The maximum atomic E-state index is 11.2. The van der Waals surface area contributed by atoms with E-state index in [9.17, 15) is 13.5 Å². The quantitative estimate of drug-likeness (QED) is 0.581. The second-order valence-corrected chi connectivity index (χ2v) is 6.68. The summed E-state index contributed by atoms with van der Waals surface area (Å²) in [7, 11) is -2.96. The van der Waals surface area contributed by atoms with Crippen molar-refractivity contribution < 1.29 is 18.3 Å². The normalized spacial score (nSPS) is 13.4. The molecular formula is C9H17N3O4S2. The van der Waals surface area contributed by atoms with Crippen LogP contribution in [0.1, 0.15) is 6.92 Å². The molecule has 0 radical (unpaired) electrons. The first kappa shape index (κ1) is 15.3. The van der Waals surface area contributed by atoms with Crippen molar-refractivity contribution in [3.8, 4) is 5.88 Å². The van der Waals surface area contributed by atoms with Crippen LogP contribution in [-0.2, 0) is 9.84 Å². The van der Waals surface area contributed by atoms with E-state index in [4.69, 9.17) is 4.74 Å². The van der Waals surface area contributed by atoms with Crippen LogP contribution < -0.4 is 10.1 Å². The second kappa shape index (κ2) is 7.62. The number of sulfone groups is 1. The second-order valence-electron chi connectivity index (χ2n) is 3.65. The van der Waals surface area contributed by atoms with Crippen molar-refractivity contribution in [3.63, 3.8) is 0 Å². The predicted octanol–water partition coefficient (Wildman–Crippen LogP) is -0.698. The third kappa shape index (κ3) is 6.24. The van der Waals surface area contributed by atoms with Crippen molar-refractivity contribution in [2.45, 2.75) is 13.0 Å². The highest BCUT2D eigenvalue weighted by Crippen LogP contribution is 2.04. The standard InChI is InChI=1S/C9H17N3O4S2/c1-2-18(14,15)4-3-10-5-8(13)7-16-9-6-11-17-12-9/h6,8,10,13H,2-5,7H2,1H3. The third-order valence-electron chi connectivity index (χ3n) is 2.17. The van der Waals surface area contributed by atoms with Crippen LogP contribution in [0.5, 0.6) is 5.88 Å². The molecule has 0 aliphatic carbocycles. The van der Waals surface area contributed by atoms with Gasteiger partial charge in [0.25, 0.3) is 0 Å². The molecule has 9 heteroatoms. The monoisotopic (exact) mass is 295 g/mol. The number of hydrogen-bond donors (Lipinski definition) is 2. The van der Waals surface area contributed by atoms with Gasteiger partial charge in [-0.2, -0.15) is 4.37 Å². The fourth-order valence-corrected chi connectivity index (χ4v) is 2.21. The van der Waals surface area contributed by atoms with Gasteiger partial charge >= 0.3 is 0 Å². The molecule has 0 aliphatic rings. The predicted molar refractivity (Wildman–Crippen MR) is 68.6 cm³/mol. The molecular weight excluding hydrogens is 278 g/mol. The number of rotatable bonds is 9. The van der Waals surface area contributed by atoms with Crippen molar-refractivity contribution in [1.29, 1.82) is 0 Å². The summed E-state index contributed by atoms with van der Waals surface area (Å²) in [4.78, 5) is 0. The zero-order chi connectivity index (χ0) is 13.4. The van der Waals surface area contributed by atoms with Gasteiger partial charge in [-0.15, -0.1) is 4.37 Å². The SMILES string of the molecule is CCS(=O)(=O)CCNCC(O)COc1cnsn1. The Morgan fingerprint density at radius 3 is 3.00 bits per heavy atom. The lowest BCUT2D eigenvalue weighted by Crippen LogP contribution is -2.34. The van der Waals surface area contributed by atoms with Gasteiger partial charge in [-0.3, -0.25) is 0 Å². The molecule has 1 aromatic rings.